The third kappa shape index (κ3) is 4.69. The Labute approximate surface area is 142 Å². The molecule has 0 aliphatic carbocycles. The van der Waals surface area contributed by atoms with Crippen LogP contribution in [0.1, 0.15) is 18.1 Å². The molecule has 0 unspecified atom stereocenters. The molecule has 0 spiro atoms. The lowest BCUT2D eigenvalue weighted by Crippen LogP contribution is -2.42. The molecule has 7 nitrogen and oxygen atoms in total. The summed E-state index contributed by atoms with van der Waals surface area (Å²) >= 11 is 0. The Balaban J connectivity index is 1.99. The van der Waals surface area contributed by atoms with Crippen molar-refractivity contribution in [1.82, 2.24) is 10.3 Å². The van der Waals surface area contributed by atoms with Crippen molar-refractivity contribution >= 4 is 12.1 Å². The van der Waals surface area contributed by atoms with Crippen LogP contribution in [0.4, 0.5) is 0 Å². The van der Waals surface area contributed by atoms with Crippen molar-refractivity contribution in [2.75, 3.05) is 47.1 Å². The fraction of sp³-hybridized carbons (Fsp3) is 0.529. The van der Waals surface area contributed by atoms with Crippen LogP contribution in [-0.2, 0) is 16.0 Å². The van der Waals surface area contributed by atoms with Gasteiger partial charge in [0.2, 0.25) is 0 Å². The van der Waals surface area contributed by atoms with Gasteiger partial charge in [-0.3, -0.25) is 9.69 Å². The zero-order chi connectivity index (χ0) is 17.4. The number of nitrogens with zero attached hydrogens (tertiary/aromatic N) is 2. The first-order chi connectivity index (χ1) is 11.7. The number of benzene rings is 1. The first-order valence-electron chi connectivity index (χ1n) is 8.05. The van der Waals surface area contributed by atoms with Crippen LogP contribution >= 0.6 is 0 Å². The van der Waals surface area contributed by atoms with Crippen molar-refractivity contribution in [3.8, 4) is 11.5 Å². The Morgan fingerprint density at radius 1 is 1.33 bits per heavy atom. The summed E-state index contributed by atoms with van der Waals surface area (Å²) in [7, 11) is 3.25. The molecule has 1 aromatic rings. The minimum Gasteiger partial charge on any atom is -0.496 e. The molecule has 7 heteroatoms. The molecule has 1 N–H and O–H groups in total. The van der Waals surface area contributed by atoms with E-state index in [2.05, 4.69) is 10.5 Å². The molecule has 1 heterocycles. The zero-order valence-corrected chi connectivity index (χ0v) is 14.5. The lowest BCUT2D eigenvalue weighted by atomic mass is 10.1. The number of methoxy groups -OCH3 is 2. The van der Waals surface area contributed by atoms with Crippen LogP contribution in [0.15, 0.2) is 17.2 Å². The summed E-state index contributed by atoms with van der Waals surface area (Å²) < 4.78 is 16.1. The zero-order valence-electron chi connectivity index (χ0n) is 14.5. The van der Waals surface area contributed by atoms with Gasteiger partial charge in [-0.25, -0.2) is 5.43 Å². The van der Waals surface area contributed by atoms with Crippen molar-refractivity contribution < 1.29 is 19.0 Å². The second kappa shape index (κ2) is 9.24. The highest BCUT2D eigenvalue weighted by atomic mass is 16.5. The minimum absolute atomic E-state index is 0.142. The Hall–Kier alpha value is -2.12. The maximum absolute atomic E-state index is 11.9. The fourth-order valence-corrected chi connectivity index (χ4v) is 2.67. The Morgan fingerprint density at radius 3 is 2.71 bits per heavy atom. The van der Waals surface area contributed by atoms with E-state index in [4.69, 9.17) is 14.2 Å². The predicted molar refractivity (Wildman–Crippen MR) is 91.9 cm³/mol. The van der Waals surface area contributed by atoms with E-state index in [1.807, 2.05) is 24.0 Å². The number of nitrogens with one attached hydrogen (secondary N) is 1. The molecule has 0 radical (unpaired) electrons. The quantitative estimate of drug-likeness (QED) is 0.596. The highest BCUT2D eigenvalue weighted by molar-refractivity contribution is 5.86. The van der Waals surface area contributed by atoms with E-state index in [0.717, 1.165) is 36.4 Å². The molecule has 132 valence electrons. The molecular weight excluding hydrogens is 310 g/mol. The van der Waals surface area contributed by atoms with Gasteiger partial charge in [0, 0.05) is 24.2 Å². The first-order valence-corrected chi connectivity index (χ1v) is 8.05. The van der Waals surface area contributed by atoms with Gasteiger partial charge in [0.1, 0.15) is 11.5 Å². The van der Waals surface area contributed by atoms with Crippen LogP contribution < -0.4 is 14.9 Å². The van der Waals surface area contributed by atoms with E-state index in [-0.39, 0.29) is 5.91 Å². The van der Waals surface area contributed by atoms with Gasteiger partial charge in [0.25, 0.3) is 5.91 Å². The maximum atomic E-state index is 11.9. The SMILES string of the molecule is CCc1c(OC)ccc(/C=N\NC(=O)CN2CCOCC2)c1OC. The molecule has 0 saturated carbocycles. The lowest BCUT2D eigenvalue weighted by molar-refractivity contribution is -0.123. The molecule has 1 aliphatic rings. The van der Waals surface area contributed by atoms with Crippen LogP contribution in [0.2, 0.25) is 0 Å². The number of rotatable bonds is 7. The molecule has 0 bridgehead atoms. The predicted octanol–water partition coefficient (Wildman–Crippen LogP) is 1.05. The Morgan fingerprint density at radius 2 is 2.08 bits per heavy atom. The van der Waals surface area contributed by atoms with Crippen LogP contribution in [0.25, 0.3) is 0 Å². The average molecular weight is 335 g/mol. The van der Waals surface area contributed by atoms with Gasteiger partial charge in [-0.15, -0.1) is 0 Å². The van der Waals surface area contributed by atoms with E-state index in [9.17, 15) is 4.79 Å². The van der Waals surface area contributed by atoms with E-state index in [1.54, 1.807) is 20.4 Å². The molecule has 2 rings (SSSR count). The molecule has 1 saturated heterocycles. The molecule has 1 fully saturated rings. The van der Waals surface area contributed by atoms with Crippen molar-refractivity contribution in [3.63, 3.8) is 0 Å². The average Bonchev–Trinajstić information content (AvgIpc) is 2.61. The third-order valence-corrected chi connectivity index (χ3v) is 3.89. The summed E-state index contributed by atoms with van der Waals surface area (Å²) in [5.74, 6) is 1.35. The number of hydrogen-bond acceptors (Lipinski definition) is 6. The topological polar surface area (TPSA) is 72.4 Å². The van der Waals surface area contributed by atoms with E-state index in [1.165, 1.54) is 0 Å². The molecule has 1 aromatic carbocycles. The van der Waals surface area contributed by atoms with E-state index >= 15 is 0 Å². The van der Waals surface area contributed by atoms with E-state index in [0.29, 0.717) is 25.5 Å². The Kier molecular flexibility index (Phi) is 7.02. The van der Waals surface area contributed by atoms with Crippen molar-refractivity contribution in [2.45, 2.75) is 13.3 Å². The van der Waals surface area contributed by atoms with Gasteiger partial charge < -0.3 is 14.2 Å². The lowest BCUT2D eigenvalue weighted by Gasteiger charge is -2.25. The second-order valence-electron chi connectivity index (χ2n) is 5.40. The summed E-state index contributed by atoms with van der Waals surface area (Å²) in [6.07, 6.45) is 2.37. The third-order valence-electron chi connectivity index (χ3n) is 3.89. The number of carbonyl (C=O) groups excluding carboxylic acids is 1. The van der Waals surface area contributed by atoms with Gasteiger partial charge in [0.05, 0.1) is 40.2 Å². The van der Waals surface area contributed by atoms with Gasteiger partial charge >= 0.3 is 0 Å². The normalized spacial score (nSPS) is 15.5. The highest BCUT2D eigenvalue weighted by Crippen LogP contribution is 2.31. The molecule has 1 aliphatic heterocycles. The van der Waals surface area contributed by atoms with Crippen LogP contribution in [0.3, 0.4) is 0 Å². The van der Waals surface area contributed by atoms with Crippen LogP contribution in [-0.4, -0.2) is 64.1 Å². The number of hydrazone groups is 1. The molecule has 1 amide bonds. The standard InChI is InChI=1S/C17H25N3O4/c1-4-14-15(22-2)6-5-13(17(14)23-3)11-18-19-16(21)12-20-7-9-24-10-8-20/h5-6,11H,4,7-10,12H2,1-3H3,(H,19,21)/b18-11-. The molecule has 0 aromatic heterocycles. The Bertz CT molecular complexity index is 583. The number of hydrogen-bond donors (Lipinski definition) is 1. The highest BCUT2D eigenvalue weighted by Gasteiger charge is 2.14. The molecule has 0 atom stereocenters. The van der Waals surface area contributed by atoms with Gasteiger partial charge in [-0.05, 0) is 18.6 Å². The summed E-state index contributed by atoms with van der Waals surface area (Å²) in [4.78, 5) is 14.0. The second-order valence-corrected chi connectivity index (χ2v) is 5.40. The molecular formula is C17H25N3O4. The fourth-order valence-electron chi connectivity index (χ4n) is 2.67. The number of amides is 1. The maximum Gasteiger partial charge on any atom is 0.254 e. The number of carbonyl (C=O) groups is 1. The number of ether oxygens (including phenoxy) is 3. The monoisotopic (exact) mass is 335 g/mol. The first kappa shape index (κ1) is 18.2. The minimum atomic E-state index is -0.142. The smallest absolute Gasteiger partial charge is 0.254 e. The van der Waals surface area contributed by atoms with Crippen LogP contribution in [0.5, 0.6) is 11.5 Å². The molecule has 24 heavy (non-hydrogen) atoms. The number of morpholine rings is 1. The van der Waals surface area contributed by atoms with Crippen LogP contribution in [0, 0.1) is 0 Å². The van der Waals surface area contributed by atoms with E-state index < -0.39 is 0 Å². The largest absolute Gasteiger partial charge is 0.496 e. The van der Waals surface area contributed by atoms with Gasteiger partial charge in [-0.1, -0.05) is 6.92 Å². The summed E-state index contributed by atoms with van der Waals surface area (Å²) in [5.41, 5.74) is 4.33. The van der Waals surface area contributed by atoms with Crippen molar-refractivity contribution in [1.29, 1.82) is 0 Å². The van der Waals surface area contributed by atoms with Crippen molar-refractivity contribution in [2.24, 2.45) is 5.10 Å². The summed E-state index contributed by atoms with van der Waals surface area (Å²) in [6, 6.07) is 3.73. The summed E-state index contributed by atoms with van der Waals surface area (Å²) in [5, 5.41) is 4.04. The van der Waals surface area contributed by atoms with Gasteiger partial charge in [-0.2, -0.15) is 5.10 Å². The van der Waals surface area contributed by atoms with Gasteiger partial charge in [0.15, 0.2) is 0 Å². The van der Waals surface area contributed by atoms with Crippen molar-refractivity contribution in [3.05, 3.63) is 23.3 Å². The summed E-state index contributed by atoms with van der Waals surface area (Å²) in [6.45, 7) is 5.22.